The maximum absolute atomic E-state index is 13.3. The number of aliphatic hydroxyl groups is 1. The van der Waals surface area contributed by atoms with Gasteiger partial charge in [0.1, 0.15) is 5.75 Å². The summed E-state index contributed by atoms with van der Waals surface area (Å²) in [5, 5.41) is 10.6. The zero-order chi connectivity index (χ0) is 18.7. The number of carbonyl (C=O) groups is 1. The molecule has 3 saturated heterocycles. The number of aliphatic hydroxyl groups excluding tert-OH is 1. The molecule has 0 amide bonds. The van der Waals surface area contributed by atoms with Gasteiger partial charge in [0.25, 0.3) is 0 Å². The first-order valence-electron chi connectivity index (χ1n) is 10.0. The molecule has 0 aromatic heterocycles. The van der Waals surface area contributed by atoms with Gasteiger partial charge in [0, 0.05) is 42.7 Å². The molecule has 4 heterocycles. The summed E-state index contributed by atoms with van der Waals surface area (Å²) < 4.78 is 11.5. The highest BCUT2D eigenvalue weighted by atomic mass is 16.6. The summed E-state index contributed by atoms with van der Waals surface area (Å²) in [4.78, 5) is 18.1. The van der Waals surface area contributed by atoms with E-state index in [-0.39, 0.29) is 29.3 Å². The van der Waals surface area contributed by atoms with Crippen LogP contribution in [0, 0.1) is 11.8 Å². The Labute approximate surface area is 159 Å². The number of esters is 1. The largest absolute Gasteiger partial charge is 0.497 e. The summed E-state index contributed by atoms with van der Waals surface area (Å²) in [7, 11) is 3.85. The van der Waals surface area contributed by atoms with Crippen molar-refractivity contribution in [2.45, 2.75) is 49.0 Å². The average molecular weight is 370 g/mol. The fraction of sp³-hybridized carbons (Fsp3) is 0.667. The van der Waals surface area contributed by atoms with Gasteiger partial charge in [-0.25, -0.2) is 0 Å². The van der Waals surface area contributed by atoms with Crippen LogP contribution in [0.1, 0.15) is 25.3 Å². The Balaban J connectivity index is 1.61. The molecule has 7 atom stereocenters. The Hall–Kier alpha value is -1.79. The maximum atomic E-state index is 13.3. The number of likely N-dealkylation sites (N-methyl/N-ethyl adjacent to an activating group) is 1. The monoisotopic (exact) mass is 370 g/mol. The topological polar surface area (TPSA) is 62.2 Å². The Morgan fingerprint density at radius 3 is 2.96 bits per heavy atom. The number of nitrogens with zero attached hydrogens (tertiary/aromatic N) is 2. The van der Waals surface area contributed by atoms with Crippen molar-refractivity contribution in [1.82, 2.24) is 4.90 Å². The molecule has 1 N–H and O–H groups in total. The summed E-state index contributed by atoms with van der Waals surface area (Å²) in [5.41, 5.74) is 1.46. The Kier molecular flexibility index (Phi) is 2.87. The van der Waals surface area contributed by atoms with Gasteiger partial charge in [-0.15, -0.1) is 0 Å². The second-order valence-corrected chi connectivity index (χ2v) is 9.14. The van der Waals surface area contributed by atoms with Gasteiger partial charge in [0.05, 0.1) is 25.2 Å². The van der Waals surface area contributed by atoms with Gasteiger partial charge in [0.15, 0.2) is 5.60 Å². The summed E-state index contributed by atoms with van der Waals surface area (Å²) >= 11 is 0. The van der Waals surface area contributed by atoms with Gasteiger partial charge in [-0.1, -0.05) is 6.07 Å². The molecule has 27 heavy (non-hydrogen) atoms. The maximum Gasteiger partial charge on any atom is 0.311 e. The highest BCUT2D eigenvalue weighted by molar-refractivity contribution is 5.83. The first kappa shape index (κ1) is 16.2. The third-order valence-corrected chi connectivity index (χ3v) is 8.46. The van der Waals surface area contributed by atoms with Crippen molar-refractivity contribution in [3.05, 3.63) is 23.8 Å². The average Bonchev–Trinajstić information content (AvgIpc) is 3.12. The van der Waals surface area contributed by atoms with Crippen molar-refractivity contribution >= 4 is 11.7 Å². The molecule has 0 unspecified atom stereocenters. The predicted octanol–water partition coefficient (Wildman–Crippen LogP) is 1.15. The number of anilines is 1. The van der Waals surface area contributed by atoms with E-state index in [4.69, 9.17) is 9.47 Å². The summed E-state index contributed by atoms with van der Waals surface area (Å²) in [6, 6.07) is 6.95. The quantitative estimate of drug-likeness (QED) is 0.788. The molecule has 4 aliphatic heterocycles. The molecular formula is C21H26N2O4. The predicted molar refractivity (Wildman–Crippen MR) is 98.9 cm³/mol. The van der Waals surface area contributed by atoms with Crippen LogP contribution in [0.2, 0.25) is 0 Å². The molecule has 4 fully saturated rings. The molecule has 144 valence electrons. The standard InChI is InChI=1S/C21H26N2O4/c1-11(24)21-10-23-7-6-20-13-5-4-12(26-3)8-15(13)22(2)18(20)16(23)9-14(21)17(20)19(25)27-21/h4-5,8,11,14,16-18,24H,6-7,9-10H2,1-3H3/t11-,14+,16-,17-,18-,20-,21-/m0/s1. The molecule has 6 nitrogen and oxygen atoms in total. The lowest BCUT2D eigenvalue weighted by atomic mass is 9.49. The first-order chi connectivity index (χ1) is 12.9. The van der Waals surface area contributed by atoms with Crippen LogP contribution in [0.25, 0.3) is 0 Å². The molecule has 1 saturated carbocycles. The van der Waals surface area contributed by atoms with E-state index in [2.05, 4.69) is 29.0 Å². The van der Waals surface area contributed by atoms with Crippen LogP contribution >= 0.6 is 0 Å². The fourth-order valence-corrected chi connectivity index (χ4v) is 7.47. The van der Waals surface area contributed by atoms with Crippen molar-refractivity contribution in [1.29, 1.82) is 0 Å². The minimum absolute atomic E-state index is 0.0873. The van der Waals surface area contributed by atoms with Gasteiger partial charge in [-0.05, 0) is 37.9 Å². The number of carbonyl (C=O) groups excluding carboxylic acids is 1. The lowest BCUT2D eigenvalue weighted by Gasteiger charge is -2.63. The van der Waals surface area contributed by atoms with E-state index in [9.17, 15) is 9.90 Å². The van der Waals surface area contributed by atoms with E-state index < -0.39 is 11.7 Å². The lowest BCUT2D eigenvalue weighted by Crippen LogP contribution is -2.76. The number of methoxy groups -OCH3 is 1. The smallest absolute Gasteiger partial charge is 0.311 e. The second kappa shape index (κ2) is 4.78. The van der Waals surface area contributed by atoms with Crippen molar-refractivity contribution in [2.24, 2.45) is 11.8 Å². The number of piperidine rings is 2. The molecule has 6 heteroatoms. The van der Waals surface area contributed by atoms with Crippen molar-refractivity contribution in [2.75, 3.05) is 32.1 Å². The van der Waals surface area contributed by atoms with Gasteiger partial charge < -0.3 is 19.5 Å². The van der Waals surface area contributed by atoms with Crippen LogP contribution in [-0.4, -0.2) is 67.0 Å². The highest BCUT2D eigenvalue weighted by Crippen LogP contribution is 2.67. The fourth-order valence-electron chi connectivity index (χ4n) is 7.47. The highest BCUT2D eigenvalue weighted by Gasteiger charge is 2.76. The van der Waals surface area contributed by atoms with Crippen LogP contribution < -0.4 is 9.64 Å². The van der Waals surface area contributed by atoms with Crippen molar-refractivity contribution in [3.63, 3.8) is 0 Å². The zero-order valence-corrected chi connectivity index (χ0v) is 16.0. The number of ether oxygens (including phenoxy) is 2. The van der Waals surface area contributed by atoms with E-state index in [1.54, 1.807) is 14.0 Å². The van der Waals surface area contributed by atoms with Crippen LogP contribution in [0.3, 0.4) is 0 Å². The number of hydrogen-bond donors (Lipinski definition) is 1. The molecule has 0 spiro atoms. The van der Waals surface area contributed by atoms with Crippen molar-refractivity contribution in [3.8, 4) is 5.75 Å². The molecule has 6 rings (SSSR count). The number of hydrogen-bond acceptors (Lipinski definition) is 6. The normalized spacial score (nSPS) is 44.7. The number of benzene rings is 1. The lowest BCUT2D eigenvalue weighted by molar-refractivity contribution is -0.179. The molecule has 5 aliphatic rings. The van der Waals surface area contributed by atoms with E-state index in [0.717, 1.165) is 25.1 Å². The molecule has 0 radical (unpaired) electrons. The van der Waals surface area contributed by atoms with E-state index in [1.807, 2.05) is 6.07 Å². The Morgan fingerprint density at radius 2 is 2.22 bits per heavy atom. The molecule has 3 bridgehead atoms. The summed E-state index contributed by atoms with van der Waals surface area (Å²) in [5.74, 6) is 0.656. The van der Waals surface area contributed by atoms with Crippen molar-refractivity contribution < 1.29 is 19.4 Å². The second-order valence-electron chi connectivity index (χ2n) is 9.14. The first-order valence-corrected chi connectivity index (χ1v) is 10.0. The van der Waals surface area contributed by atoms with Gasteiger partial charge in [0.2, 0.25) is 0 Å². The van der Waals surface area contributed by atoms with E-state index in [0.29, 0.717) is 12.6 Å². The number of fused-ring (bicyclic) bond motifs is 1. The van der Waals surface area contributed by atoms with Crippen LogP contribution in [0.5, 0.6) is 5.75 Å². The minimum Gasteiger partial charge on any atom is -0.497 e. The van der Waals surface area contributed by atoms with Crippen LogP contribution in [0.15, 0.2) is 18.2 Å². The molecular weight excluding hydrogens is 344 g/mol. The zero-order valence-electron chi connectivity index (χ0n) is 16.0. The van der Waals surface area contributed by atoms with Crippen LogP contribution in [-0.2, 0) is 14.9 Å². The van der Waals surface area contributed by atoms with Gasteiger partial charge >= 0.3 is 5.97 Å². The third kappa shape index (κ3) is 1.57. The van der Waals surface area contributed by atoms with E-state index in [1.165, 1.54) is 11.3 Å². The number of rotatable bonds is 2. The molecule has 1 aromatic rings. The molecule has 1 aromatic carbocycles. The SMILES string of the molecule is COc1ccc2c(c1)N(C)[C@H]1[C@@H]3C[C@@H]4[C@H]5C(=O)O[C@]4([C@H](C)O)CN3CC[C@]251. The van der Waals surface area contributed by atoms with Gasteiger partial charge in [-0.2, -0.15) is 0 Å². The van der Waals surface area contributed by atoms with E-state index >= 15 is 0 Å². The summed E-state index contributed by atoms with van der Waals surface area (Å²) in [6.07, 6.45) is 1.23. The Morgan fingerprint density at radius 1 is 1.41 bits per heavy atom. The summed E-state index contributed by atoms with van der Waals surface area (Å²) in [6.45, 7) is 3.39. The Bertz CT molecular complexity index is 857. The van der Waals surface area contributed by atoms with Crippen LogP contribution in [0.4, 0.5) is 5.69 Å². The minimum atomic E-state index is -0.746. The molecule has 1 aliphatic carbocycles. The van der Waals surface area contributed by atoms with Gasteiger partial charge in [-0.3, -0.25) is 9.69 Å². The third-order valence-electron chi connectivity index (χ3n) is 8.46.